The molecule has 8 nitrogen and oxygen atoms in total. The second kappa shape index (κ2) is 9.80. The SMILES string of the molecule is CCOC(=O)COc1ccc(/C=C2/NC(=O)N(Cc3cccc(C)c3)C2=O)cc1OC. The highest BCUT2D eigenvalue weighted by atomic mass is 16.6. The van der Waals surface area contributed by atoms with Gasteiger partial charge in [-0.2, -0.15) is 0 Å². The monoisotopic (exact) mass is 424 g/mol. The molecule has 3 rings (SSSR count). The number of carbonyl (C=O) groups is 3. The molecule has 1 aliphatic heterocycles. The molecule has 1 aliphatic rings. The van der Waals surface area contributed by atoms with Gasteiger partial charge in [-0.05, 0) is 43.2 Å². The smallest absolute Gasteiger partial charge is 0.344 e. The summed E-state index contributed by atoms with van der Waals surface area (Å²) in [5.41, 5.74) is 2.72. The third-order valence-electron chi connectivity index (χ3n) is 4.54. The number of ether oxygens (including phenoxy) is 3. The number of hydrogen-bond acceptors (Lipinski definition) is 6. The summed E-state index contributed by atoms with van der Waals surface area (Å²) < 4.78 is 15.6. The molecule has 1 heterocycles. The molecule has 0 saturated carbocycles. The minimum atomic E-state index is -0.483. The van der Waals surface area contributed by atoms with Crippen molar-refractivity contribution in [2.24, 2.45) is 0 Å². The van der Waals surface area contributed by atoms with Crippen molar-refractivity contribution in [1.82, 2.24) is 10.2 Å². The number of benzene rings is 2. The van der Waals surface area contributed by atoms with Gasteiger partial charge in [-0.15, -0.1) is 0 Å². The summed E-state index contributed by atoms with van der Waals surface area (Å²) in [6, 6.07) is 12.1. The summed E-state index contributed by atoms with van der Waals surface area (Å²) in [5.74, 6) is -0.149. The van der Waals surface area contributed by atoms with E-state index in [4.69, 9.17) is 14.2 Å². The minimum Gasteiger partial charge on any atom is -0.493 e. The van der Waals surface area contributed by atoms with E-state index in [1.54, 1.807) is 31.2 Å². The molecule has 2 aromatic rings. The van der Waals surface area contributed by atoms with Gasteiger partial charge in [-0.1, -0.05) is 35.9 Å². The fraction of sp³-hybridized carbons (Fsp3) is 0.261. The Bertz CT molecular complexity index is 1030. The van der Waals surface area contributed by atoms with Crippen LogP contribution in [0.25, 0.3) is 6.08 Å². The second-order valence-corrected chi connectivity index (χ2v) is 6.87. The van der Waals surface area contributed by atoms with E-state index in [2.05, 4.69) is 5.32 Å². The van der Waals surface area contributed by atoms with Crippen molar-refractivity contribution in [3.8, 4) is 11.5 Å². The van der Waals surface area contributed by atoms with Gasteiger partial charge in [0.15, 0.2) is 18.1 Å². The van der Waals surface area contributed by atoms with Crippen LogP contribution >= 0.6 is 0 Å². The molecule has 0 unspecified atom stereocenters. The highest BCUT2D eigenvalue weighted by molar-refractivity contribution is 6.13. The molecule has 2 aromatic carbocycles. The third kappa shape index (κ3) is 5.42. The van der Waals surface area contributed by atoms with E-state index in [0.29, 0.717) is 17.1 Å². The average molecular weight is 424 g/mol. The zero-order valence-electron chi connectivity index (χ0n) is 17.6. The lowest BCUT2D eigenvalue weighted by Gasteiger charge is -2.12. The first-order valence-corrected chi connectivity index (χ1v) is 9.77. The van der Waals surface area contributed by atoms with Crippen LogP contribution in [0.2, 0.25) is 0 Å². The van der Waals surface area contributed by atoms with Crippen LogP contribution in [0.1, 0.15) is 23.6 Å². The van der Waals surface area contributed by atoms with Gasteiger partial charge in [0.2, 0.25) is 0 Å². The van der Waals surface area contributed by atoms with Gasteiger partial charge in [0.1, 0.15) is 5.70 Å². The van der Waals surface area contributed by atoms with Gasteiger partial charge in [0.25, 0.3) is 5.91 Å². The first kappa shape index (κ1) is 21.9. The van der Waals surface area contributed by atoms with Crippen molar-refractivity contribution in [2.75, 3.05) is 20.3 Å². The molecule has 1 saturated heterocycles. The number of carbonyl (C=O) groups excluding carboxylic acids is 3. The summed E-state index contributed by atoms with van der Waals surface area (Å²) in [4.78, 5) is 37.7. The maximum Gasteiger partial charge on any atom is 0.344 e. The van der Waals surface area contributed by atoms with Crippen molar-refractivity contribution in [3.63, 3.8) is 0 Å². The van der Waals surface area contributed by atoms with E-state index >= 15 is 0 Å². The number of methoxy groups -OCH3 is 1. The molecular formula is C23H24N2O6. The Morgan fingerprint density at radius 2 is 1.94 bits per heavy atom. The number of urea groups is 1. The predicted molar refractivity (Wildman–Crippen MR) is 113 cm³/mol. The molecule has 31 heavy (non-hydrogen) atoms. The minimum absolute atomic E-state index is 0.167. The topological polar surface area (TPSA) is 94.2 Å². The number of hydrogen-bond donors (Lipinski definition) is 1. The maximum atomic E-state index is 12.7. The fourth-order valence-corrected chi connectivity index (χ4v) is 3.11. The van der Waals surface area contributed by atoms with E-state index in [1.807, 2.05) is 31.2 Å². The summed E-state index contributed by atoms with van der Waals surface area (Å²) in [6.07, 6.45) is 1.56. The molecule has 162 valence electrons. The summed E-state index contributed by atoms with van der Waals surface area (Å²) >= 11 is 0. The summed E-state index contributed by atoms with van der Waals surface area (Å²) in [5, 5.41) is 2.61. The normalized spacial score (nSPS) is 14.5. The zero-order chi connectivity index (χ0) is 22.4. The van der Waals surface area contributed by atoms with Gasteiger partial charge >= 0.3 is 12.0 Å². The molecule has 0 bridgehead atoms. The Kier molecular flexibility index (Phi) is 6.92. The van der Waals surface area contributed by atoms with Gasteiger partial charge < -0.3 is 19.5 Å². The van der Waals surface area contributed by atoms with Crippen molar-refractivity contribution in [3.05, 3.63) is 64.9 Å². The number of nitrogens with one attached hydrogen (secondary N) is 1. The number of nitrogens with zero attached hydrogens (tertiary/aromatic N) is 1. The number of rotatable bonds is 8. The van der Waals surface area contributed by atoms with E-state index in [0.717, 1.165) is 16.0 Å². The van der Waals surface area contributed by atoms with Crippen LogP contribution in [0.15, 0.2) is 48.2 Å². The van der Waals surface area contributed by atoms with Crippen LogP contribution in [0.4, 0.5) is 4.79 Å². The first-order valence-electron chi connectivity index (χ1n) is 9.77. The number of imide groups is 1. The third-order valence-corrected chi connectivity index (χ3v) is 4.54. The molecule has 1 fully saturated rings. The Labute approximate surface area is 180 Å². The number of amides is 3. The lowest BCUT2D eigenvalue weighted by molar-refractivity contribution is -0.145. The molecule has 0 aliphatic carbocycles. The first-order chi connectivity index (χ1) is 14.9. The Morgan fingerprint density at radius 1 is 1.13 bits per heavy atom. The Morgan fingerprint density at radius 3 is 2.65 bits per heavy atom. The van der Waals surface area contributed by atoms with Crippen LogP contribution in [0.5, 0.6) is 11.5 Å². The van der Waals surface area contributed by atoms with Crippen LogP contribution in [0.3, 0.4) is 0 Å². The van der Waals surface area contributed by atoms with E-state index in [-0.39, 0.29) is 25.5 Å². The standard InChI is InChI=1S/C23H24N2O6/c1-4-30-21(26)14-31-19-9-8-16(12-20(19)29-3)11-18-22(27)25(23(28)24-18)13-17-7-5-6-15(2)10-17/h5-12H,4,13-14H2,1-3H3,(H,24,28)/b18-11+. The van der Waals surface area contributed by atoms with Crippen molar-refractivity contribution in [1.29, 1.82) is 0 Å². The van der Waals surface area contributed by atoms with Crippen molar-refractivity contribution < 1.29 is 28.6 Å². The number of aryl methyl sites for hydroxylation is 1. The summed E-state index contributed by atoms with van der Waals surface area (Å²) in [7, 11) is 1.47. The largest absolute Gasteiger partial charge is 0.493 e. The molecule has 0 atom stereocenters. The molecule has 1 N–H and O–H groups in total. The second-order valence-electron chi connectivity index (χ2n) is 6.87. The Hall–Kier alpha value is -3.81. The van der Waals surface area contributed by atoms with Gasteiger partial charge in [0, 0.05) is 0 Å². The highest BCUT2D eigenvalue weighted by Gasteiger charge is 2.33. The molecule has 0 radical (unpaired) electrons. The van der Waals surface area contributed by atoms with Crippen LogP contribution in [-0.2, 0) is 20.9 Å². The van der Waals surface area contributed by atoms with Crippen LogP contribution in [-0.4, -0.2) is 43.1 Å². The number of esters is 1. The maximum absolute atomic E-state index is 12.7. The van der Waals surface area contributed by atoms with Crippen LogP contribution in [0, 0.1) is 6.92 Å². The molecule has 3 amide bonds. The lowest BCUT2D eigenvalue weighted by atomic mass is 10.1. The van der Waals surface area contributed by atoms with Gasteiger partial charge in [-0.3, -0.25) is 9.69 Å². The van der Waals surface area contributed by atoms with Crippen molar-refractivity contribution in [2.45, 2.75) is 20.4 Å². The van der Waals surface area contributed by atoms with Crippen LogP contribution < -0.4 is 14.8 Å². The van der Waals surface area contributed by atoms with E-state index in [9.17, 15) is 14.4 Å². The zero-order valence-corrected chi connectivity index (χ0v) is 17.6. The Balaban J connectivity index is 1.74. The highest BCUT2D eigenvalue weighted by Crippen LogP contribution is 2.29. The average Bonchev–Trinajstić information content (AvgIpc) is 3.00. The molecular weight excluding hydrogens is 400 g/mol. The molecule has 0 spiro atoms. The van der Waals surface area contributed by atoms with E-state index in [1.165, 1.54) is 7.11 Å². The van der Waals surface area contributed by atoms with Crippen molar-refractivity contribution >= 4 is 24.0 Å². The van der Waals surface area contributed by atoms with Gasteiger partial charge in [0.05, 0.1) is 20.3 Å². The van der Waals surface area contributed by atoms with E-state index < -0.39 is 17.9 Å². The van der Waals surface area contributed by atoms with Gasteiger partial charge in [-0.25, -0.2) is 9.59 Å². The predicted octanol–water partition coefficient (Wildman–Crippen LogP) is 3.04. The lowest BCUT2D eigenvalue weighted by Crippen LogP contribution is -2.30. The molecule has 8 heteroatoms. The quantitative estimate of drug-likeness (QED) is 0.398. The molecule has 0 aromatic heterocycles. The fourth-order valence-electron chi connectivity index (χ4n) is 3.11. The summed E-state index contributed by atoms with van der Waals surface area (Å²) in [6.45, 7) is 3.88.